The molecule has 0 aliphatic heterocycles. The summed E-state index contributed by atoms with van der Waals surface area (Å²) < 4.78 is 24.3. The number of carbonyl (C=O) groups excluding carboxylic acids is 1. The van der Waals surface area contributed by atoms with Crippen LogP contribution < -0.4 is 10.0 Å². The lowest BCUT2D eigenvalue weighted by Gasteiger charge is -2.17. The van der Waals surface area contributed by atoms with E-state index in [0.29, 0.717) is 13.0 Å². The van der Waals surface area contributed by atoms with E-state index in [2.05, 4.69) is 10.0 Å². The van der Waals surface area contributed by atoms with E-state index in [1.54, 1.807) is 0 Å². The summed E-state index contributed by atoms with van der Waals surface area (Å²) in [5, 5.41) is 2.69. The highest BCUT2D eigenvalue weighted by Gasteiger charge is 2.20. The normalized spacial score (nSPS) is 12.5. The quantitative estimate of drug-likeness (QED) is 0.664. The molecule has 0 aromatic rings. The molecule has 90 valence electrons. The maximum Gasteiger partial charge on any atom is 0.225 e. The van der Waals surface area contributed by atoms with E-state index in [4.69, 9.17) is 0 Å². The fraction of sp³-hybridized carbons (Fsp3) is 0.889. The smallest absolute Gasteiger partial charge is 0.225 e. The minimum atomic E-state index is -3.15. The SMILES string of the molecule is CNS(=O)(=O)CCCNC(=O)C(C)(C)C. The van der Waals surface area contributed by atoms with Gasteiger partial charge in [-0.2, -0.15) is 0 Å². The Morgan fingerprint density at radius 3 is 2.20 bits per heavy atom. The molecule has 2 N–H and O–H groups in total. The maximum atomic E-state index is 11.4. The highest BCUT2D eigenvalue weighted by molar-refractivity contribution is 7.89. The van der Waals surface area contributed by atoms with E-state index < -0.39 is 15.4 Å². The van der Waals surface area contributed by atoms with Crippen LogP contribution in [0.15, 0.2) is 0 Å². The third-order valence-electron chi connectivity index (χ3n) is 1.87. The first-order valence-corrected chi connectivity index (χ1v) is 6.54. The van der Waals surface area contributed by atoms with Gasteiger partial charge >= 0.3 is 0 Å². The minimum Gasteiger partial charge on any atom is -0.356 e. The summed E-state index contributed by atoms with van der Waals surface area (Å²) in [5.41, 5.74) is -0.429. The second kappa shape index (κ2) is 5.46. The molecule has 0 aromatic heterocycles. The van der Waals surface area contributed by atoms with E-state index in [0.717, 1.165) is 0 Å². The standard InChI is InChI=1S/C9H20N2O3S/c1-9(2,3)8(12)11-6-5-7-15(13,14)10-4/h10H,5-7H2,1-4H3,(H,11,12). The zero-order valence-corrected chi connectivity index (χ0v) is 10.6. The molecule has 0 rings (SSSR count). The zero-order valence-electron chi connectivity index (χ0n) is 9.75. The molecule has 6 heteroatoms. The van der Waals surface area contributed by atoms with E-state index in [9.17, 15) is 13.2 Å². The fourth-order valence-electron chi connectivity index (χ4n) is 0.831. The summed E-state index contributed by atoms with van der Waals surface area (Å²) >= 11 is 0. The third-order valence-corrected chi connectivity index (χ3v) is 3.32. The maximum absolute atomic E-state index is 11.4. The van der Waals surface area contributed by atoms with E-state index in [1.165, 1.54) is 7.05 Å². The third kappa shape index (κ3) is 6.46. The Morgan fingerprint density at radius 2 is 1.80 bits per heavy atom. The largest absolute Gasteiger partial charge is 0.356 e. The van der Waals surface area contributed by atoms with Gasteiger partial charge in [0.2, 0.25) is 15.9 Å². The molecule has 0 bridgehead atoms. The Bertz CT molecular complexity index is 304. The fourth-order valence-corrected chi connectivity index (χ4v) is 1.56. The topological polar surface area (TPSA) is 75.3 Å². The van der Waals surface area contributed by atoms with Gasteiger partial charge < -0.3 is 5.32 Å². The van der Waals surface area contributed by atoms with E-state index in [-0.39, 0.29) is 11.7 Å². The molecule has 0 saturated carbocycles. The number of rotatable bonds is 5. The van der Waals surface area contributed by atoms with Crippen molar-refractivity contribution in [1.82, 2.24) is 10.0 Å². The van der Waals surface area contributed by atoms with Crippen LogP contribution in [0.4, 0.5) is 0 Å². The number of hydrogen-bond acceptors (Lipinski definition) is 3. The molecule has 0 aromatic carbocycles. The Labute approximate surface area is 91.7 Å². The van der Waals surface area contributed by atoms with Gasteiger partial charge in [0, 0.05) is 12.0 Å². The minimum absolute atomic E-state index is 0.0356. The number of carbonyl (C=O) groups is 1. The van der Waals surface area contributed by atoms with Gasteiger partial charge in [-0.1, -0.05) is 20.8 Å². The molecule has 0 spiro atoms. The molecule has 15 heavy (non-hydrogen) atoms. The molecule has 0 fully saturated rings. The van der Waals surface area contributed by atoms with Crippen molar-refractivity contribution in [2.45, 2.75) is 27.2 Å². The van der Waals surface area contributed by atoms with E-state index >= 15 is 0 Å². The van der Waals surface area contributed by atoms with Gasteiger partial charge in [0.1, 0.15) is 0 Å². The van der Waals surface area contributed by atoms with Gasteiger partial charge in [0.25, 0.3) is 0 Å². The Balaban J connectivity index is 3.79. The van der Waals surface area contributed by atoms with Crippen molar-refractivity contribution in [2.75, 3.05) is 19.3 Å². The first-order valence-electron chi connectivity index (χ1n) is 4.88. The molecule has 1 amide bonds. The van der Waals surface area contributed by atoms with Crippen molar-refractivity contribution >= 4 is 15.9 Å². The molecule has 0 radical (unpaired) electrons. The van der Waals surface area contributed by atoms with Crippen LogP contribution in [0.5, 0.6) is 0 Å². The number of sulfonamides is 1. The number of hydrogen-bond donors (Lipinski definition) is 2. The van der Waals surface area contributed by atoms with Crippen molar-refractivity contribution in [1.29, 1.82) is 0 Å². The van der Waals surface area contributed by atoms with Crippen LogP contribution in [-0.4, -0.2) is 33.7 Å². The molecule has 0 aliphatic carbocycles. The van der Waals surface area contributed by atoms with Crippen molar-refractivity contribution < 1.29 is 13.2 Å². The van der Waals surface area contributed by atoms with Crippen molar-refractivity contribution in [3.8, 4) is 0 Å². The summed E-state index contributed by atoms with van der Waals surface area (Å²) in [4.78, 5) is 11.4. The van der Waals surface area contributed by atoms with Crippen molar-refractivity contribution in [3.05, 3.63) is 0 Å². The first-order chi connectivity index (χ1) is 6.69. The molecule has 0 saturated heterocycles. The number of nitrogens with one attached hydrogen (secondary N) is 2. The van der Waals surface area contributed by atoms with Crippen LogP contribution in [0.1, 0.15) is 27.2 Å². The highest BCUT2D eigenvalue weighted by atomic mass is 32.2. The molecule has 5 nitrogen and oxygen atoms in total. The molecule has 0 atom stereocenters. The van der Waals surface area contributed by atoms with Gasteiger partial charge in [-0.25, -0.2) is 13.1 Å². The van der Waals surface area contributed by atoms with Crippen molar-refractivity contribution in [2.24, 2.45) is 5.41 Å². The van der Waals surface area contributed by atoms with Crippen molar-refractivity contribution in [3.63, 3.8) is 0 Å². The highest BCUT2D eigenvalue weighted by Crippen LogP contribution is 2.12. The molecule has 0 unspecified atom stereocenters. The number of amides is 1. The lowest BCUT2D eigenvalue weighted by Crippen LogP contribution is -2.36. The zero-order chi connectivity index (χ0) is 12.1. The molecular weight excluding hydrogens is 216 g/mol. The van der Waals surface area contributed by atoms with E-state index in [1.807, 2.05) is 20.8 Å². The second-order valence-corrected chi connectivity index (χ2v) is 6.43. The van der Waals surface area contributed by atoms with Gasteiger partial charge in [0.05, 0.1) is 5.75 Å². The summed E-state index contributed by atoms with van der Waals surface area (Å²) in [6, 6.07) is 0. The van der Waals surface area contributed by atoms with Crippen LogP contribution in [0, 0.1) is 5.41 Å². The average Bonchev–Trinajstić information content (AvgIpc) is 2.10. The van der Waals surface area contributed by atoms with Crippen LogP contribution in [0.3, 0.4) is 0 Å². The van der Waals surface area contributed by atoms with Crippen LogP contribution in [0.2, 0.25) is 0 Å². The Morgan fingerprint density at radius 1 is 1.27 bits per heavy atom. The average molecular weight is 236 g/mol. The summed E-state index contributed by atoms with van der Waals surface area (Å²) in [7, 11) is -1.78. The van der Waals surface area contributed by atoms with Crippen LogP contribution in [-0.2, 0) is 14.8 Å². The molecular formula is C9H20N2O3S. The lowest BCUT2D eigenvalue weighted by atomic mass is 9.96. The second-order valence-electron chi connectivity index (χ2n) is 4.38. The summed E-state index contributed by atoms with van der Waals surface area (Å²) in [5.74, 6) is -0.0298. The van der Waals surface area contributed by atoms with Crippen LogP contribution >= 0.6 is 0 Å². The van der Waals surface area contributed by atoms with Gasteiger partial charge in [0.15, 0.2) is 0 Å². The molecule has 0 heterocycles. The Hall–Kier alpha value is -0.620. The summed E-state index contributed by atoms with van der Waals surface area (Å²) in [6.45, 7) is 5.82. The molecule has 0 aliphatic rings. The van der Waals surface area contributed by atoms with Crippen LogP contribution in [0.25, 0.3) is 0 Å². The predicted molar refractivity (Wildman–Crippen MR) is 59.9 cm³/mol. The Kier molecular flexibility index (Phi) is 5.23. The monoisotopic (exact) mass is 236 g/mol. The first kappa shape index (κ1) is 14.4. The van der Waals surface area contributed by atoms with Gasteiger partial charge in [-0.3, -0.25) is 4.79 Å². The van der Waals surface area contributed by atoms with Gasteiger partial charge in [-0.15, -0.1) is 0 Å². The lowest BCUT2D eigenvalue weighted by molar-refractivity contribution is -0.128. The van der Waals surface area contributed by atoms with Gasteiger partial charge in [-0.05, 0) is 13.5 Å². The predicted octanol–water partition coefficient (Wildman–Crippen LogP) is 0.0880. The summed E-state index contributed by atoms with van der Waals surface area (Å²) in [6.07, 6.45) is 0.422.